The van der Waals surface area contributed by atoms with Gasteiger partial charge < -0.3 is 0 Å². The Hall–Kier alpha value is -1.07. The van der Waals surface area contributed by atoms with Gasteiger partial charge in [0.15, 0.2) is 17.5 Å². The second-order valence-corrected chi connectivity index (χ2v) is 6.01. The molecule has 1 aromatic heterocycles. The van der Waals surface area contributed by atoms with Crippen LogP contribution < -0.4 is 0 Å². The summed E-state index contributed by atoms with van der Waals surface area (Å²) >= 11 is 9.00. The lowest BCUT2D eigenvalue weighted by atomic mass is 10.1. The third-order valence-corrected chi connectivity index (χ3v) is 3.61. The third kappa shape index (κ3) is 3.33. The maximum Gasteiger partial charge on any atom is 0.173 e. The Morgan fingerprint density at radius 2 is 1.95 bits per heavy atom. The maximum atomic E-state index is 13.6. The van der Waals surface area contributed by atoms with Crippen LogP contribution in [0.15, 0.2) is 22.7 Å². The summed E-state index contributed by atoms with van der Waals surface area (Å²) in [5.74, 6) is -1.21. The van der Waals surface area contributed by atoms with Gasteiger partial charge in [-0.3, -0.25) is 0 Å². The Labute approximate surface area is 129 Å². The van der Waals surface area contributed by atoms with Crippen molar-refractivity contribution in [2.75, 3.05) is 0 Å². The molecular weight excluding hydrogens is 350 g/mol. The van der Waals surface area contributed by atoms with Crippen molar-refractivity contribution < 1.29 is 8.78 Å². The van der Waals surface area contributed by atoms with Gasteiger partial charge in [0, 0.05) is 11.3 Å². The van der Waals surface area contributed by atoms with E-state index in [0.29, 0.717) is 11.5 Å². The van der Waals surface area contributed by atoms with Crippen molar-refractivity contribution >= 4 is 27.5 Å². The van der Waals surface area contributed by atoms with Crippen LogP contribution in [0.4, 0.5) is 8.78 Å². The fourth-order valence-corrected chi connectivity index (χ4v) is 2.51. The summed E-state index contributed by atoms with van der Waals surface area (Å²) in [6, 6.07) is 4.15. The molecule has 1 heterocycles. The Morgan fingerprint density at radius 1 is 1.25 bits per heavy atom. The zero-order valence-electron chi connectivity index (χ0n) is 10.9. The zero-order chi connectivity index (χ0) is 14.9. The summed E-state index contributed by atoms with van der Waals surface area (Å²) in [5, 5.41) is 0.280. The van der Waals surface area contributed by atoms with Gasteiger partial charge in [0.2, 0.25) is 0 Å². The first-order valence-electron chi connectivity index (χ1n) is 6.05. The SMILES string of the molecule is CC(C)Cc1cc(Cl)nc(-c2ccc(F)c(F)c2Br)n1. The molecule has 0 atom stereocenters. The van der Waals surface area contributed by atoms with Crippen LogP contribution >= 0.6 is 27.5 Å². The molecule has 0 saturated carbocycles. The van der Waals surface area contributed by atoms with Gasteiger partial charge in [0.05, 0.1) is 4.47 Å². The van der Waals surface area contributed by atoms with Crippen LogP contribution in [-0.2, 0) is 6.42 Å². The first-order chi connectivity index (χ1) is 9.38. The first kappa shape index (κ1) is 15.3. The van der Waals surface area contributed by atoms with Crippen molar-refractivity contribution in [1.82, 2.24) is 9.97 Å². The molecule has 0 aliphatic rings. The van der Waals surface area contributed by atoms with Gasteiger partial charge in [-0.2, -0.15) is 0 Å². The van der Waals surface area contributed by atoms with Gasteiger partial charge >= 0.3 is 0 Å². The van der Waals surface area contributed by atoms with E-state index in [2.05, 4.69) is 39.7 Å². The highest BCUT2D eigenvalue weighted by atomic mass is 79.9. The van der Waals surface area contributed by atoms with Crippen LogP contribution in [0.1, 0.15) is 19.5 Å². The van der Waals surface area contributed by atoms with Gasteiger partial charge in [-0.25, -0.2) is 18.7 Å². The van der Waals surface area contributed by atoms with Crippen molar-refractivity contribution in [3.05, 3.63) is 45.2 Å². The Kier molecular flexibility index (Phi) is 4.70. The number of aromatic nitrogens is 2. The molecule has 20 heavy (non-hydrogen) atoms. The van der Waals surface area contributed by atoms with E-state index in [1.807, 2.05) is 0 Å². The van der Waals surface area contributed by atoms with Crippen LogP contribution in [0.3, 0.4) is 0 Å². The van der Waals surface area contributed by atoms with Gasteiger partial charge in [0.25, 0.3) is 0 Å². The van der Waals surface area contributed by atoms with E-state index in [9.17, 15) is 8.78 Å². The Bertz CT molecular complexity index is 647. The fourth-order valence-electron chi connectivity index (χ4n) is 1.81. The topological polar surface area (TPSA) is 25.8 Å². The smallest absolute Gasteiger partial charge is 0.173 e. The van der Waals surface area contributed by atoms with Crippen molar-refractivity contribution in [2.45, 2.75) is 20.3 Å². The largest absolute Gasteiger partial charge is 0.233 e. The molecule has 0 amide bonds. The highest BCUT2D eigenvalue weighted by Crippen LogP contribution is 2.30. The van der Waals surface area contributed by atoms with Crippen LogP contribution in [0.2, 0.25) is 5.15 Å². The molecule has 0 aliphatic heterocycles. The molecule has 0 fully saturated rings. The maximum absolute atomic E-state index is 13.6. The predicted octanol–water partition coefficient (Wildman–Crippen LogP) is 5.04. The van der Waals surface area contributed by atoms with Gasteiger partial charge in [-0.1, -0.05) is 25.4 Å². The minimum atomic E-state index is -0.962. The number of nitrogens with zero attached hydrogens (tertiary/aromatic N) is 2. The number of hydrogen-bond donors (Lipinski definition) is 0. The molecule has 0 saturated heterocycles. The lowest BCUT2D eigenvalue weighted by molar-refractivity contribution is 0.504. The minimum absolute atomic E-state index is 0.00439. The van der Waals surface area contributed by atoms with E-state index < -0.39 is 11.6 Å². The van der Waals surface area contributed by atoms with Crippen LogP contribution in [-0.4, -0.2) is 9.97 Å². The van der Waals surface area contributed by atoms with Crippen molar-refractivity contribution in [3.63, 3.8) is 0 Å². The highest BCUT2D eigenvalue weighted by molar-refractivity contribution is 9.10. The average molecular weight is 362 g/mol. The molecular formula is C14H12BrClF2N2. The standard InChI is InChI=1S/C14H12BrClF2N2/c1-7(2)5-8-6-11(16)20-14(19-8)9-3-4-10(17)13(18)12(9)15/h3-4,6-7H,5H2,1-2H3. The Morgan fingerprint density at radius 3 is 2.60 bits per heavy atom. The molecule has 2 nitrogen and oxygen atoms in total. The van der Waals surface area contributed by atoms with E-state index in [0.717, 1.165) is 18.2 Å². The molecule has 106 valence electrons. The number of benzene rings is 1. The minimum Gasteiger partial charge on any atom is -0.233 e. The summed E-state index contributed by atoms with van der Waals surface area (Å²) in [5.41, 5.74) is 1.14. The summed E-state index contributed by atoms with van der Waals surface area (Å²) in [4.78, 5) is 8.44. The van der Waals surface area contributed by atoms with Crippen LogP contribution in [0.5, 0.6) is 0 Å². The lowest BCUT2D eigenvalue weighted by Crippen LogP contribution is -2.01. The molecule has 1 aromatic carbocycles. The molecule has 0 radical (unpaired) electrons. The molecule has 0 spiro atoms. The summed E-state index contributed by atoms with van der Waals surface area (Å²) < 4.78 is 26.7. The second-order valence-electron chi connectivity index (χ2n) is 4.83. The summed E-state index contributed by atoms with van der Waals surface area (Å²) in [7, 11) is 0. The first-order valence-corrected chi connectivity index (χ1v) is 7.23. The van der Waals surface area contributed by atoms with Crippen molar-refractivity contribution in [1.29, 1.82) is 0 Å². The summed E-state index contributed by atoms with van der Waals surface area (Å²) in [6.45, 7) is 4.12. The Balaban J connectivity index is 2.53. The van der Waals surface area contributed by atoms with E-state index in [1.54, 1.807) is 6.07 Å². The van der Waals surface area contributed by atoms with Gasteiger partial charge in [-0.05, 0) is 46.5 Å². The fraction of sp³-hybridized carbons (Fsp3) is 0.286. The zero-order valence-corrected chi connectivity index (χ0v) is 13.3. The van der Waals surface area contributed by atoms with E-state index >= 15 is 0 Å². The number of halogens is 4. The van der Waals surface area contributed by atoms with E-state index in [4.69, 9.17) is 11.6 Å². The van der Waals surface area contributed by atoms with E-state index in [-0.39, 0.29) is 15.5 Å². The third-order valence-electron chi connectivity index (χ3n) is 2.64. The summed E-state index contributed by atoms with van der Waals surface area (Å²) in [6.07, 6.45) is 0.733. The van der Waals surface area contributed by atoms with E-state index in [1.165, 1.54) is 6.07 Å². The van der Waals surface area contributed by atoms with Gasteiger partial charge in [0.1, 0.15) is 5.15 Å². The number of hydrogen-bond acceptors (Lipinski definition) is 2. The van der Waals surface area contributed by atoms with Crippen molar-refractivity contribution in [3.8, 4) is 11.4 Å². The lowest BCUT2D eigenvalue weighted by Gasteiger charge is -2.09. The van der Waals surface area contributed by atoms with Gasteiger partial charge in [-0.15, -0.1) is 0 Å². The average Bonchev–Trinajstić information content (AvgIpc) is 2.34. The van der Waals surface area contributed by atoms with Crippen molar-refractivity contribution in [2.24, 2.45) is 5.92 Å². The predicted molar refractivity (Wildman–Crippen MR) is 78.6 cm³/mol. The molecule has 2 rings (SSSR count). The van der Waals surface area contributed by atoms with Crippen LogP contribution in [0.25, 0.3) is 11.4 Å². The molecule has 0 bridgehead atoms. The quantitative estimate of drug-likeness (QED) is 0.565. The monoisotopic (exact) mass is 360 g/mol. The second kappa shape index (κ2) is 6.14. The molecule has 0 aliphatic carbocycles. The molecule has 0 unspecified atom stereocenters. The molecule has 0 N–H and O–H groups in total. The highest BCUT2D eigenvalue weighted by Gasteiger charge is 2.16. The number of rotatable bonds is 3. The molecule has 6 heteroatoms. The molecule has 2 aromatic rings. The van der Waals surface area contributed by atoms with Crippen LogP contribution in [0, 0.1) is 17.6 Å². The normalized spacial score (nSPS) is 11.2.